The van der Waals surface area contributed by atoms with Gasteiger partial charge >= 0.3 is 6.03 Å². The van der Waals surface area contributed by atoms with E-state index in [0.717, 1.165) is 25.0 Å². The Hall–Kier alpha value is -2.54. The highest BCUT2D eigenvalue weighted by molar-refractivity contribution is 6.01. The number of amides is 3. The summed E-state index contributed by atoms with van der Waals surface area (Å²) in [6.07, 6.45) is 2.06. The molecule has 3 amide bonds. The molecule has 126 valence electrons. The van der Waals surface area contributed by atoms with E-state index in [0.29, 0.717) is 24.4 Å². The second kappa shape index (κ2) is 5.83. The Morgan fingerprint density at radius 2 is 2.04 bits per heavy atom. The molecule has 7 heteroatoms. The van der Waals surface area contributed by atoms with Gasteiger partial charge in [-0.3, -0.25) is 4.79 Å². The molecule has 3 heterocycles. The minimum atomic E-state index is -0.503. The van der Waals surface area contributed by atoms with E-state index in [9.17, 15) is 14.7 Å². The highest BCUT2D eigenvalue weighted by Crippen LogP contribution is 2.33. The first-order chi connectivity index (χ1) is 11.6. The molecule has 0 spiro atoms. The molecule has 1 saturated heterocycles. The first-order valence-corrected chi connectivity index (χ1v) is 8.12. The van der Waals surface area contributed by atoms with Gasteiger partial charge in [-0.1, -0.05) is 12.1 Å². The summed E-state index contributed by atoms with van der Waals surface area (Å²) in [5, 5.41) is 15.0. The third kappa shape index (κ3) is 2.60. The number of rotatable bonds is 3. The van der Waals surface area contributed by atoms with Crippen molar-refractivity contribution >= 4 is 11.9 Å². The number of carbonyl (C=O) groups is 2. The van der Waals surface area contributed by atoms with Crippen molar-refractivity contribution in [1.82, 2.24) is 15.5 Å². The normalized spacial score (nSPS) is 26.4. The third-order valence-corrected chi connectivity index (χ3v) is 4.69. The number of hydrogen-bond acceptors (Lipinski definition) is 4. The van der Waals surface area contributed by atoms with Gasteiger partial charge in [-0.15, -0.1) is 0 Å². The van der Waals surface area contributed by atoms with Crippen LogP contribution < -0.4 is 10.6 Å². The largest absolute Gasteiger partial charge is 0.508 e. The van der Waals surface area contributed by atoms with Gasteiger partial charge in [0.05, 0.1) is 30.0 Å². The average Bonchev–Trinajstić information content (AvgIpc) is 3.17. The number of aromatic hydroxyl groups is 1. The van der Waals surface area contributed by atoms with Crippen LogP contribution in [0.4, 0.5) is 4.79 Å². The maximum Gasteiger partial charge on any atom is 0.319 e. The van der Waals surface area contributed by atoms with Gasteiger partial charge in [0.2, 0.25) is 0 Å². The molecule has 0 radical (unpaired) electrons. The summed E-state index contributed by atoms with van der Waals surface area (Å²) >= 11 is 0. The van der Waals surface area contributed by atoms with Crippen molar-refractivity contribution < 1.29 is 19.4 Å². The summed E-state index contributed by atoms with van der Waals surface area (Å²) in [5.74, 6) is 0.0667. The molecule has 1 aromatic carbocycles. The number of benzene rings is 1. The minimum Gasteiger partial charge on any atom is -0.508 e. The van der Waals surface area contributed by atoms with Gasteiger partial charge in [0.25, 0.3) is 5.91 Å². The standard InChI is InChI=1S/C17H19N3O4/c21-11-5-3-10(4-6-11)15-14-13(18-17(23)19-15)9-20(16(14)22)8-12-2-1-7-24-12/h3-6,12,15,21H,1-2,7-9H2,(H2,18,19,23). The lowest BCUT2D eigenvalue weighted by Crippen LogP contribution is -2.44. The quantitative estimate of drug-likeness (QED) is 0.772. The molecule has 3 N–H and O–H groups in total. The lowest BCUT2D eigenvalue weighted by molar-refractivity contribution is -0.127. The second-order valence-corrected chi connectivity index (χ2v) is 6.34. The van der Waals surface area contributed by atoms with Crippen LogP contribution in [-0.4, -0.2) is 47.7 Å². The molecular formula is C17H19N3O4. The summed E-state index contributed by atoms with van der Waals surface area (Å²) < 4.78 is 5.62. The number of phenols is 1. The number of urea groups is 1. The van der Waals surface area contributed by atoms with Crippen molar-refractivity contribution in [3.8, 4) is 5.75 Å². The van der Waals surface area contributed by atoms with E-state index in [4.69, 9.17) is 4.74 Å². The Morgan fingerprint density at radius 3 is 2.75 bits per heavy atom. The van der Waals surface area contributed by atoms with Crippen LogP contribution in [0.25, 0.3) is 0 Å². The molecule has 7 nitrogen and oxygen atoms in total. The number of hydrogen-bond donors (Lipinski definition) is 3. The van der Waals surface area contributed by atoms with Crippen molar-refractivity contribution in [2.75, 3.05) is 19.7 Å². The Labute approximate surface area is 139 Å². The predicted octanol–water partition coefficient (Wildman–Crippen LogP) is 1.02. The van der Waals surface area contributed by atoms with Crippen molar-refractivity contribution in [2.24, 2.45) is 0 Å². The number of ether oxygens (including phenoxy) is 1. The van der Waals surface area contributed by atoms with Crippen LogP contribution in [0.5, 0.6) is 5.75 Å². The lowest BCUT2D eigenvalue weighted by atomic mass is 9.96. The highest BCUT2D eigenvalue weighted by Gasteiger charge is 2.41. The first-order valence-electron chi connectivity index (χ1n) is 8.12. The number of phenolic OH excluding ortho intramolecular Hbond substituents is 1. The molecule has 0 bridgehead atoms. The van der Waals surface area contributed by atoms with E-state index in [1.165, 1.54) is 0 Å². The van der Waals surface area contributed by atoms with E-state index >= 15 is 0 Å². The maximum absolute atomic E-state index is 12.9. The lowest BCUT2D eigenvalue weighted by Gasteiger charge is -2.25. The Bertz CT molecular complexity index is 707. The number of carbonyl (C=O) groups excluding carboxylic acids is 2. The molecule has 4 rings (SSSR count). The molecule has 24 heavy (non-hydrogen) atoms. The van der Waals surface area contributed by atoms with E-state index in [1.54, 1.807) is 29.2 Å². The Kier molecular flexibility index (Phi) is 3.65. The molecule has 3 aliphatic rings. The van der Waals surface area contributed by atoms with E-state index in [2.05, 4.69) is 10.6 Å². The molecular weight excluding hydrogens is 310 g/mol. The molecule has 0 aromatic heterocycles. The van der Waals surface area contributed by atoms with E-state index in [-0.39, 0.29) is 23.8 Å². The molecule has 0 aliphatic carbocycles. The van der Waals surface area contributed by atoms with E-state index in [1.807, 2.05) is 0 Å². The van der Waals surface area contributed by atoms with Crippen LogP contribution in [0, 0.1) is 0 Å². The Morgan fingerprint density at radius 1 is 1.25 bits per heavy atom. The van der Waals surface area contributed by atoms with Crippen molar-refractivity contribution in [3.05, 3.63) is 41.1 Å². The summed E-state index contributed by atoms with van der Waals surface area (Å²) in [6, 6.07) is 5.70. The molecule has 1 fully saturated rings. The SMILES string of the molecule is O=C1NC2=C(C(=O)N(CC3CCCO3)C2)C(c2ccc(O)cc2)N1. The zero-order valence-corrected chi connectivity index (χ0v) is 13.1. The fraction of sp³-hybridized carbons (Fsp3) is 0.412. The molecule has 2 atom stereocenters. The van der Waals surface area contributed by atoms with Gasteiger partial charge in [-0.05, 0) is 30.5 Å². The third-order valence-electron chi connectivity index (χ3n) is 4.69. The van der Waals surface area contributed by atoms with Gasteiger partial charge in [-0.2, -0.15) is 0 Å². The zero-order chi connectivity index (χ0) is 16.7. The predicted molar refractivity (Wildman–Crippen MR) is 85.1 cm³/mol. The molecule has 0 saturated carbocycles. The number of nitrogens with one attached hydrogen (secondary N) is 2. The fourth-order valence-electron chi connectivity index (χ4n) is 3.53. The van der Waals surface area contributed by atoms with Crippen LogP contribution in [0.3, 0.4) is 0 Å². The fourth-order valence-corrected chi connectivity index (χ4v) is 3.53. The van der Waals surface area contributed by atoms with Gasteiger partial charge in [0, 0.05) is 13.2 Å². The van der Waals surface area contributed by atoms with Crippen LogP contribution >= 0.6 is 0 Å². The minimum absolute atomic E-state index is 0.0751. The Balaban J connectivity index is 1.60. The van der Waals surface area contributed by atoms with Gasteiger partial charge in [0.15, 0.2) is 0 Å². The van der Waals surface area contributed by atoms with Crippen LogP contribution in [0.2, 0.25) is 0 Å². The van der Waals surface area contributed by atoms with Crippen LogP contribution in [-0.2, 0) is 9.53 Å². The smallest absolute Gasteiger partial charge is 0.319 e. The van der Waals surface area contributed by atoms with Gasteiger partial charge in [0.1, 0.15) is 5.75 Å². The van der Waals surface area contributed by atoms with Crippen LogP contribution in [0.1, 0.15) is 24.4 Å². The molecule has 3 aliphatic heterocycles. The molecule has 2 unspecified atom stereocenters. The first kappa shape index (κ1) is 15.0. The van der Waals surface area contributed by atoms with Gasteiger partial charge < -0.3 is 25.4 Å². The summed E-state index contributed by atoms with van der Waals surface area (Å²) in [6.45, 7) is 1.69. The second-order valence-electron chi connectivity index (χ2n) is 6.34. The average molecular weight is 329 g/mol. The van der Waals surface area contributed by atoms with Crippen molar-refractivity contribution in [3.63, 3.8) is 0 Å². The highest BCUT2D eigenvalue weighted by atomic mass is 16.5. The van der Waals surface area contributed by atoms with Crippen molar-refractivity contribution in [2.45, 2.75) is 25.0 Å². The maximum atomic E-state index is 12.9. The topological polar surface area (TPSA) is 90.9 Å². The summed E-state index contributed by atoms with van der Waals surface area (Å²) in [4.78, 5) is 26.5. The number of nitrogens with zero attached hydrogens (tertiary/aromatic N) is 1. The van der Waals surface area contributed by atoms with Crippen molar-refractivity contribution in [1.29, 1.82) is 0 Å². The zero-order valence-electron chi connectivity index (χ0n) is 13.1. The van der Waals surface area contributed by atoms with Crippen LogP contribution in [0.15, 0.2) is 35.5 Å². The van der Waals surface area contributed by atoms with E-state index < -0.39 is 6.04 Å². The van der Waals surface area contributed by atoms with Gasteiger partial charge in [-0.25, -0.2) is 4.79 Å². The summed E-state index contributed by atoms with van der Waals surface area (Å²) in [7, 11) is 0. The monoisotopic (exact) mass is 329 g/mol. The molecule has 1 aromatic rings. The summed E-state index contributed by atoms with van der Waals surface area (Å²) in [5.41, 5.74) is 1.99.